The molecule has 0 saturated carbocycles. The van der Waals surface area contributed by atoms with Gasteiger partial charge in [-0.2, -0.15) is 0 Å². The molecule has 4 rings (SSSR count). The van der Waals surface area contributed by atoms with E-state index in [-0.39, 0.29) is 0 Å². The largest absolute Gasteiger partial charge is 0.489 e. The number of hydrogen-bond donors (Lipinski definition) is 0. The van der Waals surface area contributed by atoms with Crippen molar-refractivity contribution in [2.24, 2.45) is 0 Å². The number of hydrogen-bond acceptors (Lipinski definition) is 3. The maximum absolute atomic E-state index is 5.67. The maximum atomic E-state index is 5.67. The predicted octanol–water partition coefficient (Wildman–Crippen LogP) is 3.29. The van der Waals surface area contributed by atoms with Crippen molar-refractivity contribution >= 4 is 17.4 Å². The number of ether oxygens (including phenoxy) is 1. The Labute approximate surface area is 104 Å². The molecule has 0 aliphatic carbocycles. The molecule has 2 nitrogen and oxygen atoms in total. The highest BCUT2D eigenvalue weighted by Crippen LogP contribution is 2.49. The highest BCUT2D eigenvalue weighted by atomic mass is 32.2. The Morgan fingerprint density at radius 2 is 2.18 bits per heavy atom. The first-order valence-corrected chi connectivity index (χ1v) is 6.54. The lowest BCUT2D eigenvalue weighted by Crippen LogP contribution is -2.24. The lowest BCUT2D eigenvalue weighted by molar-refractivity contribution is 0.249. The van der Waals surface area contributed by atoms with Gasteiger partial charge in [0.15, 0.2) is 0 Å². The van der Waals surface area contributed by atoms with E-state index >= 15 is 0 Å². The molecule has 3 heterocycles. The molecule has 17 heavy (non-hydrogen) atoms. The third-order valence-electron chi connectivity index (χ3n) is 3.18. The van der Waals surface area contributed by atoms with Crippen LogP contribution in [0.15, 0.2) is 63.8 Å². The minimum Gasteiger partial charge on any atom is -0.489 e. The van der Waals surface area contributed by atoms with Crippen LogP contribution >= 0.6 is 11.8 Å². The third-order valence-corrected chi connectivity index (χ3v) is 4.38. The van der Waals surface area contributed by atoms with Gasteiger partial charge in [0, 0.05) is 17.0 Å². The molecule has 0 saturated heterocycles. The van der Waals surface area contributed by atoms with E-state index in [0.29, 0.717) is 6.61 Å². The van der Waals surface area contributed by atoms with Crippen LogP contribution < -0.4 is 4.90 Å². The molecule has 1 aromatic carbocycles. The average Bonchev–Trinajstić information content (AvgIpc) is 2.78. The molecule has 0 atom stereocenters. The van der Waals surface area contributed by atoms with Crippen LogP contribution in [0.3, 0.4) is 0 Å². The molecule has 0 aromatic heterocycles. The number of anilines is 1. The van der Waals surface area contributed by atoms with E-state index in [1.165, 1.54) is 21.2 Å². The van der Waals surface area contributed by atoms with Crippen molar-refractivity contribution in [1.29, 1.82) is 0 Å². The SMILES string of the molecule is C1=CC2=C3Sc4ccccc4N3CC=C2OC1. The molecule has 3 aliphatic rings. The van der Waals surface area contributed by atoms with Crippen LogP contribution in [-0.4, -0.2) is 13.2 Å². The van der Waals surface area contributed by atoms with Crippen molar-refractivity contribution in [1.82, 2.24) is 0 Å². The van der Waals surface area contributed by atoms with Crippen molar-refractivity contribution < 1.29 is 4.74 Å². The van der Waals surface area contributed by atoms with Crippen LogP contribution in [0.25, 0.3) is 0 Å². The molecule has 3 heteroatoms. The summed E-state index contributed by atoms with van der Waals surface area (Å²) < 4.78 is 5.67. The molecule has 0 spiro atoms. The van der Waals surface area contributed by atoms with Crippen LogP contribution in [-0.2, 0) is 4.74 Å². The van der Waals surface area contributed by atoms with Crippen molar-refractivity contribution in [2.45, 2.75) is 4.90 Å². The summed E-state index contributed by atoms with van der Waals surface area (Å²) in [5.74, 6) is 1.04. The van der Waals surface area contributed by atoms with Gasteiger partial charge in [-0.25, -0.2) is 0 Å². The number of rotatable bonds is 0. The van der Waals surface area contributed by atoms with E-state index in [9.17, 15) is 0 Å². The highest BCUT2D eigenvalue weighted by molar-refractivity contribution is 8.03. The fourth-order valence-corrected chi connectivity index (χ4v) is 3.60. The third kappa shape index (κ3) is 1.29. The van der Waals surface area contributed by atoms with Gasteiger partial charge in [-0.05, 0) is 30.4 Å². The molecule has 0 amide bonds. The first-order valence-electron chi connectivity index (χ1n) is 5.72. The Morgan fingerprint density at radius 1 is 1.24 bits per heavy atom. The monoisotopic (exact) mass is 241 g/mol. The fourth-order valence-electron chi connectivity index (χ4n) is 2.40. The Hall–Kier alpha value is -1.61. The minimum absolute atomic E-state index is 0.695. The van der Waals surface area contributed by atoms with E-state index in [0.717, 1.165) is 12.3 Å². The predicted molar refractivity (Wildman–Crippen MR) is 69.8 cm³/mol. The quantitative estimate of drug-likeness (QED) is 0.691. The molecule has 0 bridgehead atoms. The summed E-state index contributed by atoms with van der Waals surface area (Å²) in [7, 11) is 0. The lowest BCUT2D eigenvalue weighted by atomic mass is 10.1. The second-order valence-corrected chi connectivity index (χ2v) is 5.21. The average molecular weight is 241 g/mol. The molecule has 3 aliphatic heterocycles. The first kappa shape index (κ1) is 9.42. The van der Waals surface area contributed by atoms with Gasteiger partial charge in [0.05, 0.1) is 10.7 Å². The van der Waals surface area contributed by atoms with Crippen LogP contribution in [0.5, 0.6) is 0 Å². The second kappa shape index (κ2) is 3.44. The van der Waals surface area contributed by atoms with Crippen molar-refractivity contribution in [2.75, 3.05) is 18.1 Å². The zero-order valence-corrected chi connectivity index (χ0v) is 10.0. The Bertz CT molecular complexity index is 586. The summed E-state index contributed by atoms with van der Waals surface area (Å²) in [6.45, 7) is 1.60. The van der Waals surface area contributed by atoms with Gasteiger partial charge in [0.2, 0.25) is 0 Å². The van der Waals surface area contributed by atoms with Gasteiger partial charge in [-0.1, -0.05) is 23.9 Å². The molecule has 1 aromatic rings. The molecule has 84 valence electrons. The number of allylic oxidation sites excluding steroid dienone is 1. The van der Waals surface area contributed by atoms with Crippen LogP contribution in [0.4, 0.5) is 5.69 Å². The highest BCUT2D eigenvalue weighted by Gasteiger charge is 2.31. The Kier molecular flexibility index (Phi) is 1.91. The molecule has 0 unspecified atom stereocenters. The van der Waals surface area contributed by atoms with Gasteiger partial charge in [0.1, 0.15) is 12.4 Å². The smallest absolute Gasteiger partial charge is 0.127 e. The van der Waals surface area contributed by atoms with Crippen LogP contribution in [0.1, 0.15) is 0 Å². The summed E-state index contributed by atoms with van der Waals surface area (Å²) >= 11 is 1.84. The summed E-state index contributed by atoms with van der Waals surface area (Å²) in [4.78, 5) is 3.70. The van der Waals surface area contributed by atoms with Crippen molar-refractivity contribution in [3.63, 3.8) is 0 Å². The van der Waals surface area contributed by atoms with Gasteiger partial charge in [-0.15, -0.1) is 0 Å². The number of benzene rings is 1. The summed E-state index contributed by atoms with van der Waals surface area (Å²) in [6.07, 6.45) is 6.42. The molecular weight excluding hydrogens is 230 g/mol. The lowest BCUT2D eigenvalue weighted by Gasteiger charge is -2.28. The number of para-hydroxylation sites is 1. The van der Waals surface area contributed by atoms with Gasteiger partial charge in [-0.3, -0.25) is 0 Å². The summed E-state index contributed by atoms with van der Waals surface area (Å²) in [5, 5.41) is 1.31. The molecule has 0 N–H and O–H groups in total. The zero-order valence-electron chi connectivity index (χ0n) is 9.22. The topological polar surface area (TPSA) is 12.5 Å². The zero-order chi connectivity index (χ0) is 11.2. The van der Waals surface area contributed by atoms with E-state index in [2.05, 4.69) is 47.4 Å². The van der Waals surface area contributed by atoms with E-state index < -0.39 is 0 Å². The minimum atomic E-state index is 0.695. The van der Waals surface area contributed by atoms with E-state index in [1.807, 2.05) is 11.8 Å². The maximum Gasteiger partial charge on any atom is 0.127 e. The van der Waals surface area contributed by atoms with Gasteiger partial charge >= 0.3 is 0 Å². The Balaban J connectivity index is 1.89. The van der Waals surface area contributed by atoms with Gasteiger partial charge < -0.3 is 9.64 Å². The van der Waals surface area contributed by atoms with E-state index in [4.69, 9.17) is 4.74 Å². The van der Waals surface area contributed by atoms with Crippen LogP contribution in [0.2, 0.25) is 0 Å². The second-order valence-electron chi connectivity index (χ2n) is 4.18. The molecular formula is C14H11NOS. The standard InChI is InChI=1S/C14H11NOS/c1-2-6-13-11(5-1)15-8-7-12-10(14(15)17-13)4-3-9-16-12/h1-7H,8-9H2. The molecule has 0 radical (unpaired) electrons. The molecule has 0 fully saturated rings. The number of nitrogens with zero attached hydrogens (tertiary/aromatic N) is 1. The Morgan fingerprint density at radius 3 is 3.18 bits per heavy atom. The fraction of sp³-hybridized carbons (Fsp3) is 0.143. The first-order chi connectivity index (χ1) is 8.43. The summed E-state index contributed by atoms with van der Waals surface area (Å²) in [5.41, 5.74) is 2.54. The van der Waals surface area contributed by atoms with Gasteiger partial charge in [0.25, 0.3) is 0 Å². The summed E-state index contributed by atoms with van der Waals surface area (Å²) in [6, 6.07) is 8.55. The van der Waals surface area contributed by atoms with Crippen molar-refractivity contribution in [3.8, 4) is 0 Å². The number of fused-ring (bicyclic) bond motifs is 4. The normalized spacial score (nSPS) is 20.5. The van der Waals surface area contributed by atoms with E-state index in [1.54, 1.807) is 0 Å². The number of thioether (sulfide) groups is 1. The van der Waals surface area contributed by atoms with Crippen LogP contribution in [0, 0.1) is 0 Å². The van der Waals surface area contributed by atoms with Crippen molar-refractivity contribution in [3.05, 3.63) is 58.9 Å².